The molecule has 0 aromatic heterocycles. The van der Waals surface area contributed by atoms with Crippen molar-refractivity contribution in [2.45, 2.75) is 32.3 Å². The van der Waals surface area contributed by atoms with Crippen LogP contribution in [-0.4, -0.2) is 17.2 Å². The highest BCUT2D eigenvalue weighted by Crippen LogP contribution is 2.38. The maximum atomic E-state index is 11.2. The molecule has 22 heavy (non-hydrogen) atoms. The fraction of sp³-hybridized carbons (Fsp3) is 0.278. The minimum Gasteiger partial charge on any atom is -0.479 e. The van der Waals surface area contributed by atoms with Crippen LogP contribution in [0, 0.1) is 0 Å². The Morgan fingerprint density at radius 2 is 2.00 bits per heavy atom. The summed E-state index contributed by atoms with van der Waals surface area (Å²) in [5.41, 5.74) is 2.13. The smallest absolute Gasteiger partial charge is 0.344 e. The van der Waals surface area contributed by atoms with Gasteiger partial charge in [-0.3, -0.25) is 0 Å². The maximum Gasteiger partial charge on any atom is 0.344 e. The van der Waals surface area contributed by atoms with E-state index in [2.05, 4.69) is 0 Å². The Kier molecular flexibility index (Phi) is 4.00. The predicted octanol–water partition coefficient (Wildman–Crippen LogP) is 4.02. The lowest BCUT2D eigenvalue weighted by Gasteiger charge is -2.21. The molecule has 1 aliphatic heterocycles. The van der Waals surface area contributed by atoms with E-state index in [0.29, 0.717) is 12.2 Å². The van der Waals surface area contributed by atoms with E-state index in [1.54, 1.807) is 6.07 Å². The number of carboxylic acids is 1. The van der Waals surface area contributed by atoms with E-state index in [9.17, 15) is 9.90 Å². The van der Waals surface area contributed by atoms with E-state index in [1.807, 2.05) is 43.3 Å². The van der Waals surface area contributed by atoms with Crippen LogP contribution in [0.5, 0.6) is 17.2 Å². The van der Waals surface area contributed by atoms with Crippen molar-refractivity contribution in [2.24, 2.45) is 0 Å². The van der Waals surface area contributed by atoms with Crippen molar-refractivity contribution in [3.05, 3.63) is 53.6 Å². The Labute approximate surface area is 129 Å². The number of para-hydroxylation sites is 1. The van der Waals surface area contributed by atoms with Crippen LogP contribution < -0.4 is 9.47 Å². The van der Waals surface area contributed by atoms with Crippen LogP contribution in [0.1, 0.15) is 30.9 Å². The normalized spacial score (nSPS) is 13.5. The van der Waals surface area contributed by atoms with Crippen molar-refractivity contribution in [1.29, 1.82) is 0 Å². The fourth-order valence-electron chi connectivity index (χ4n) is 2.60. The van der Waals surface area contributed by atoms with Crippen molar-refractivity contribution in [1.82, 2.24) is 0 Å². The summed E-state index contributed by atoms with van der Waals surface area (Å²) in [5.74, 6) is 1.32. The van der Waals surface area contributed by atoms with E-state index in [0.717, 1.165) is 35.5 Å². The molecule has 3 rings (SSSR count). The maximum absolute atomic E-state index is 11.2. The third-order valence-corrected chi connectivity index (χ3v) is 3.71. The first-order valence-corrected chi connectivity index (χ1v) is 7.45. The molecule has 0 saturated carbocycles. The van der Waals surface area contributed by atoms with Gasteiger partial charge in [0.05, 0.1) is 0 Å². The molecule has 0 saturated heterocycles. The Balaban J connectivity index is 1.82. The number of fused-ring (bicyclic) bond motifs is 2. The predicted molar refractivity (Wildman–Crippen MR) is 82.7 cm³/mol. The van der Waals surface area contributed by atoms with E-state index < -0.39 is 12.1 Å². The molecule has 1 unspecified atom stereocenters. The van der Waals surface area contributed by atoms with Gasteiger partial charge in [0, 0.05) is 12.0 Å². The lowest BCUT2D eigenvalue weighted by Crippen LogP contribution is -2.26. The Bertz CT molecular complexity index is 693. The first-order valence-electron chi connectivity index (χ1n) is 7.45. The second-order valence-corrected chi connectivity index (χ2v) is 5.39. The van der Waals surface area contributed by atoms with E-state index in [1.165, 1.54) is 0 Å². The molecule has 0 bridgehead atoms. The molecule has 1 heterocycles. The highest BCUT2D eigenvalue weighted by Gasteiger charge is 2.21. The molecule has 114 valence electrons. The van der Waals surface area contributed by atoms with E-state index in [-0.39, 0.29) is 0 Å². The van der Waals surface area contributed by atoms with Gasteiger partial charge in [0.1, 0.15) is 17.2 Å². The molecule has 4 heteroatoms. The summed E-state index contributed by atoms with van der Waals surface area (Å²) in [6, 6.07) is 13.4. The zero-order chi connectivity index (χ0) is 15.5. The van der Waals surface area contributed by atoms with E-state index >= 15 is 0 Å². The number of rotatable bonds is 5. The van der Waals surface area contributed by atoms with Gasteiger partial charge >= 0.3 is 5.97 Å². The largest absolute Gasteiger partial charge is 0.479 e. The third kappa shape index (κ3) is 2.91. The van der Waals surface area contributed by atoms with Crippen molar-refractivity contribution in [3.8, 4) is 17.2 Å². The number of benzene rings is 2. The van der Waals surface area contributed by atoms with Crippen LogP contribution in [0.15, 0.2) is 42.5 Å². The van der Waals surface area contributed by atoms with Crippen molar-refractivity contribution < 1.29 is 19.4 Å². The Hall–Kier alpha value is -2.49. The average Bonchev–Trinajstić information content (AvgIpc) is 2.52. The van der Waals surface area contributed by atoms with Crippen LogP contribution in [0.3, 0.4) is 0 Å². The van der Waals surface area contributed by atoms with Crippen LogP contribution in [-0.2, 0) is 11.2 Å². The second kappa shape index (κ2) is 6.10. The van der Waals surface area contributed by atoms with Crippen LogP contribution in [0.4, 0.5) is 0 Å². The number of carbonyl (C=O) groups is 1. The number of aliphatic carboxylic acids is 1. The Morgan fingerprint density at radius 3 is 2.77 bits per heavy atom. The number of ether oxygens (including phenoxy) is 2. The lowest BCUT2D eigenvalue weighted by atomic mass is 10.0. The van der Waals surface area contributed by atoms with Gasteiger partial charge in [-0.2, -0.15) is 0 Å². The topological polar surface area (TPSA) is 55.8 Å². The van der Waals surface area contributed by atoms with Crippen LogP contribution >= 0.6 is 0 Å². The minimum absolute atomic E-state index is 0.492. The molecular weight excluding hydrogens is 280 g/mol. The summed E-state index contributed by atoms with van der Waals surface area (Å²) in [6.45, 7) is 1.94. The molecule has 0 aliphatic carbocycles. The zero-order valence-electron chi connectivity index (χ0n) is 12.4. The fourth-order valence-corrected chi connectivity index (χ4v) is 2.60. The SMILES string of the molecule is CCCC(Oc1ccc2c(c1)Cc1ccccc1O2)C(=O)O. The van der Waals surface area contributed by atoms with Gasteiger partial charge in [0.25, 0.3) is 0 Å². The van der Waals surface area contributed by atoms with Crippen molar-refractivity contribution in [3.63, 3.8) is 0 Å². The molecule has 2 aromatic carbocycles. The summed E-state index contributed by atoms with van der Waals surface area (Å²) < 4.78 is 11.5. The molecule has 1 aliphatic rings. The number of hydrogen-bond acceptors (Lipinski definition) is 3. The zero-order valence-corrected chi connectivity index (χ0v) is 12.4. The average molecular weight is 298 g/mol. The van der Waals surface area contributed by atoms with Gasteiger partial charge < -0.3 is 14.6 Å². The molecule has 4 nitrogen and oxygen atoms in total. The molecule has 0 amide bonds. The van der Waals surface area contributed by atoms with Gasteiger partial charge in [0.15, 0.2) is 6.10 Å². The van der Waals surface area contributed by atoms with Gasteiger partial charge in [0.2, 0.25) is 0 Å². The molecule has 0 radical (unpaired) electrons. The molecule has 0 fully saturated rings. The first-order chi connectivity index (χ1) is 10.7. The molecule has 1 atom stereocenters. The summed E-state index contributed by atoms with van der Waals surface area (Å²) in [5, 5.41) is 9.18. The van der Waals surface area contributed by atoms with Crippen LogP contribution in [0.25, 0.3) is 0 Å². The summed E-state index contributed by atoms with van der Waals surface area (Å²) >= 11 is 0. The molecular formula is C18H18O4. The monoisotopic (exact) mass is 298 g/mol. The summed E-state index contributed by atoms with van der Waals surface area (Å²) in [4.78, 5) is 11.2. The van der Waals surface area contributed by atoms with Gasteiger partial charge in [-0.15, -0.1) is 0 Å². The molecule has 2 aromatic rings. The van der Waals surface area contributed by atoms with Gasteiger partial charge in [-0.1, -0.05) is 31.5 Å². The minimum atomic E-state index is -0.929. The van der Waals surface area contributed by atoms with Crippen LogP contribution in [0.2, 0.25) is 0 Å². The highest BCUT2D eigenvalue weighted by atomic mass is 16.5. The highest BCUT2D eigenvalue weighted by molar-refractivity contribution is 5.72. The lowest BCUT2D eigenvalue weighted by molar-refractivity contribution is -0.145. The van der Waals surface area contributed by atoms with Gasteiger partial charge in [-0.25, -0.2) is 4.79 Å². The number of carboxylic acid groups (broad SMARTS) is 1. The second-order valence-electron chi connectivity index (χ2n) is 5.39. The summed E-state index contributed by atoms with van der Waals surface area (Å²) in [6.07, 6.45) is 1.21. The van der Waals surface area contributed by atoms with E-state index in [4.69, 9.17) is 9.47 Å². The number of hydrogen-bond donors (Lipinski definition) is 1. The third-order valence-electron chi connectivity index (χ3n) is 3.71. The van der Waals surface area contributed by atoms with Crippen molar-refractivity contribution in [2.75, 3.05) is 0 Å². The first kappa shape index (κ1) is 14.4. The summed E-state index contributed by atoms with van der Waals surface area (Å²) in [7, 11) is 0. The quantitative estimate of drug-likeness (QED) is 0.773. The Morgan fingerprint density at radius 1 is 1.23 bits per heavy atom. The van der Waals surface area contributed by atoms with Crippen molar-refractivity contribution >= 4 is 5.97 Å². The standard InChI is InChI=1S/C18H18O4/c1-2-5-17(18(19)20)21-14-8-9-16-13(11-14)10-12-6-3-4-7-15(12)22-16/h3-4,6-9,11,17H,2,5,10H2,1H3,(H,19,20). The van der Waals surface area contributed by atoms with Gasteiger partial charge in [-0.05, 0) is 36.2 Å². The molecule has 0 spiro atoms. The molecule has 1 N–H and O–H groups in total.